The molecule has 0 bridgehead atoms. The second kappa shape index (κ2) is 3.22. The first kappa shape index (κ1) is 7.11. The molecule has 1 heteroatoms. The van der Waals surface area contributed by atoms with Crippen molar-refractivity contribution in [1.29, 1.82) is 0 Å². The molecule has 2 rings (SSSR count). The third-order valence-corrected chi connectivity index (χ3v) is 3.01. The molecule has 0 spiro atoms. The van der Waals surface area contributed by atoms with E-state index in [9.17, 15) is 0 Å². The topological polar surface area (TPSA) is 0 Å². The Morgan fingerprint density at radius 1 is 1.09 bits per heavy atom. The van der Waals surface area contributed by atoms with Crippen LogP contribution in [0.4, 0.5) is 0 Å². The van der Waals surface area contributed by atoms with E-state index in [4.69, 9.17) is 0 Å². The molecule has 0 fully saturated rings. The highest BCUT2D eigenvalue weighted by molar-refractivity contribution is 7.07. The molecule has 0 radical (unpaired) electrons. The maximum Gasteiger partial charge on any atom is 0.0299 e. The van der Waals surface area contributed by atoms with Crippen molar-refractivity contribution in [3.05, 3.63) is 21.2 Å². The summed E-state index contributed by atoms with van der Waals surface area (Å²) < 4.78 is 1.48. The summed E-state index contributed by atoms with van der Waals surface area (Å²) in [5.74, 6) is 0. The van der Waals surface area contributed by atoms with Gasteiger partial charge in [-0.05, 0) is 42.3 Å². The van der Waals surface area contributed by atoms with Crippen LogP contribution in [-0.2, 0) is 0 Å². The Bertz CT molecular complexity index is 299. The molecule has 0 amide bonds. The zero-order valence-electron chi connectivity index (χ0n) is 6.55. The molecule has 11 heavy (non-hydrogen) atoms. The van der Waals surface area contributed by atoms with E-state index in [2.05, 4.69) is 23.6 Å². The van der Waals surface area contributed by atoms with Gasteiger partial charge in [0.2, 0.25) is 0 Å². The van der Waals surface area contributed by atoms with Crippen molar-refractivity contribution in [2.75, 3.05) is 0 Å². The van der Waals surface area contributed by atoms with Crippen LogP contribution >= 0.6 is 11.3 Å². The van der Waals surface area contributed by atoms with E-state index in [0.29, 0.717) is 0 Å². The maximum atomic E-state index is 2.37. The first-order chi connectivity index (χ1) is 5.47. The molecule has 58 valence electrons. The second-order valence-corrected chi connectivity index (χ2v) is 3.88. The van der Waals surface area contributed by atoms with Crippen molar-refractivity contribution in [3.8, 4) is 0 Å². The quantitative estimate of drug-likeness (QED) is 0.549. The Hall–Kier alpha value is -0.560. The van der Waals surface area contributed by atoms with Crippen molar-refractivity contribution in [1.82, 2.24) is 0 Å². The monoisotopic (exact) mass is 164 g/mol. The van der Waals surface area contributed by atoms with Crippen molar-refractivity contribution < 1.29 is 0 Å². The lowest BCUT2D eigenvalue weighted by Crippen LogP contribution is -2.17. The minimum Gasteiger partial charge on any atom is -0.144 e. The summed E-state index contributed by atoms with van der Waals surface area (Å²) in [5, 5.41) is 3.64. The van der Waals surface area contributed by atoms with Crippen LogP contribution in [0.1, 0.15) is 25.7 Å². The average Bonchev–Trinajstić information content (AvgIpc) is 2.35. The molecule has 0 N–H and O–H groups in total. The highest BCUT2D eigenvalue weighted by Gasteiger charge is 1.92. The average molecular weight is 164 g/mol. The summed E-state index contributed by atoms with van der Waals surface area (Å²) >= 11 is 1.86. The van der Waals surface area contributed by atoms with Gasteiger partial charge in [-0.15, -0.1) is 11.3 Å². The van der Waals surface area contributed by atoms with E-state index in [1.54, 1.807) is 0 Å². The van der Waals surface area contributed by atoms with Crippen molar-refractivity contribution >= 4 is 23.5 Å². The molecular formula is C10H12S. The number of thiophene rings is 1. The fourth-order valence-corrected chi connectivity index (χ4v) is 2.31. The molecule has 0 aliphatic heterocycles. The highest BCUT2D eigenvalue weighted by atomic mass is 32.1. The lowest BCUT2D eigenvalue weighted by Gasteiger charge is -1.95. The fraction of sp³-hybridized carbons (Fsp3) is 0.400. The van der Waals surface area contributed by atoms with Gasteiger partial charge in [-0.2, -0.15) is 0 Å². The van der Waals surface area contributed by atoms with Crippen LogP contribution < -0.4 is 9.75 Å². The van der Waals surface area contributed by atoms with Gasteiger partial charge in [0.05, 0.1) is 0 Å². The second-order valence-electron chi connectivity index (χ2n) is 2.93. The zero-order valence-corrected chi connectivity index (χ0v) is 7.36. The Labute approximate surface area is 70.9 Å². The third-order valence-electron chi connectivity index (χ3n) is 2.08. The van der Waals surface area contributed by atoms with Gasteiger partial charge >= 0.3 is 0 Å². The van der Waals surface area contributed by atoms with Crippen LogP contribution in [0.2, 0.25) is 0 Å². The van der Waals surface area contributed by atoms with Gasteiger partial charge in [0, 0.05) is 4.53 Å². The summed E-state index contributed by atoms with van der Waals surface area (Å²) in [6.45, 7) is 0. The van der Waals surface area contributed by atoms with Crippen LogP contribution in [0.5, 0.6) is 0 Å². The van der Waals surface area contributed by atoms with Crippen LogP contribution in [0, 0.1) is 0 Å². The van der Waals surface area contributed by atoms with E-state index in [1.165, 1.54) is 35.4 Å². The molecule has 0 saturated heterocycles. The fourth-order valence-electron chi connectivity index (χ4n) is 1.44. The SMILES string of the molecule is C1=c2/ccs/c2=C/CCCC/1. The molecule has 0 atom stereocenters. The van der Waals surface area contributed by atoms with Crippen LogP contribution in [0.3, 0.4) is 0 Å². The van der Waals surface area contributed by atoms with Gasteiger partial charge in [-0.3, -0.25) is 0 Å². The Balaban J connectivity index is 2.57. The first-order valence-electron chi connectivity index (χ1n) is 4.21. The van der Waals surface area contributed by atoms with E-state index in [1.807, 2.05) is 11.3 Å². The van der Waals surface area contributed by atoms with E-state index in [-0.39, 0.29) is 0 Å². The minimum atomic E-state index is 1.26. The zero-order chi connectivity index (χ0) is 7.52. The summed E-state index contributed by atoms with van der Waals surface area (Å²) in [5.41, 5.74) is 0. The number of fused-ring (bicyclic) bond motifs is 1. The summed E-state index contributed by atoms with van der Waals surface area (Å²) in [6, 6.07) is 2.22. The molecule has 1 aromatic rings. The Kier molecular flexibility index (Phi) is 2.08. The van der Waals surface area contributed by atoms with Gasteiger partial charge in [-0.1, -0.05) is 12.2 Å². The van der Waals surface area contributed by atoms with Crippen LogP contribution in [0.25, 0.3) is 12.2 Å². The minimum absolute atomic E-state index is 1.26. The van der Waals surface area contributed by atoms with Crippen LogP contribution in [0.15, 0.2) is 11.4 Å². The smallest absolute Gasteiger partial charge is 0.0299 e. The molecule has 0 unspecified atom stereocenters. The van der Waals surface area contributed by atoms with E-state index in [0.717, 1.165) is 0 Å². The lowest BCUT2D eigenvalue weighted by atomic mass is 10.1. The molecule has 1 aromatic heterocycles. The number of hydrogen-bond donors (Lipinski definition) is 0. The van der Waals surface area contributed by atoms with E-state index >= 15 is 0 Å². The van der Waals surface area contributed by atoms with E-state index < -0.39 is 0 Å². The molecular weight excluding hydrogens is 152 g/mol. The third kappa shape index (κ3) is 1.54. The highest BCUT2D eigenvalue weighted by Crippen LogP contribution is 2.03. The number of rotatable bonds is 0. The lowest BCUT2D eigenvalue weighted by molar-refractivity contribution is 0.788. The van der Waals surface area contributed by atoms with Gasteiger partial charge in [-0.25, -0.2) is 0 Å². The molecule has 0 nitrogen and oxygen atoms in total. The molecule has 1 aliphatic carbocycles. The van der Waals surface area contributed by atoms with Crippen molar-refractivity contribution in [2.24, 2.45) is 0 Å². The first-order valence-corrected chi connectivity index (χ1v) is 5.09. The predicted octanol–water partition coefficient (Wildman–Crippen LogP) is 1.88. The molecule has 0 saturated carbocycles. The number of hydrogen-bond acceptors (Lipinski definition) is 1. The molecule has 1 aliphatic rings. The van der Waals surface area contributed by atoms with Crippen molar-refractivity contribution in [2.45, 2.75) is 25.7 Å². The standard InChI is InChI=1S/C10H12S/c1-2-4-6-10-9(5-3-1)7-8-11-10/h5-8H,1-4H2/b9-5-,10-6+. The molecule has 0 aromatic carbocycles. The summed E-state index contributed by atoms with van der Waals surface area (Å²) in [6.07, 6.45) is 9.97. The molecule has 1 heterocycles. The van der Waals surface area contributed by atoms with Crippen molar-refractivity contribution in [3.63, 3.8) is 0 Å². The summed E-state index contributed by atoms with van der Waals surface area (Å²) in [7, 11) is 0. The van der Waals surface area contributed by atoms with Gasteiger partial charge in [0.25, 0.3) is 0 Å². The summed E-state index contributed by atoms with van der Waals surface area (Å²) in [4.78, 5) is 0. The predicted molar refractivity (Wildman–Crippen MR) is 51.0 cm³/mol. The Morgan fingerprint density at radius 3 is 2.82 bits per heavy atom. The van der Waals surface area contributed by atoms with Gasteiger partial charge in [0.15, 0.2) is 0 Å². The van der Waals surface area contributed by atoms with Crippen LogP contribution in [-0.4, -0.2) is 0 Å². The largest absolute Gasteiger partial charge is 0.144 e. The Morgan fingerprint density at radius 2 is 1.91 bits per heavy atom. The normalized spacial score (nSPS) is 23.3. The van der Waals surface area contributed by atoms with Gasteiger partial charge in [0.1, 0.15) is 0 Å². The maximum absolute atomic E-state index is 2.37. The van der Waals surface area contributed by atoms with Gasteiger partial charge < -0.3 is 0 Å².